The van der Waals surface area contributed by atoms with Crippen LogP contribution in [0.3, 0.4) is 0 Å². The molecular weight excluding hydrogens is 336 g/mol. The monoisotopic (exact) mass is 358 g/mol. The molecular formula is C22H22N4O. The summed E-state index contributed by atoms with van der Waals surface area (Å²) in [4.78, 5) is 4.15. The SMILES string of the molecule is Cc1c(-c2ccc3cnccc3c2)noc1NCC(N)Cc1ccccc1. The molecule has 0 bridgehead atoms. The topological polar surface area (TPSA) is 77.0 Å². The first-order valence-electron chi connectivity index (χ1n) is 9.04. The zero-order valence-corrected chi connectivity index (χ0v) is 15.2. The van der Waals surface area contributed by atoms with Crippen LogP contribution in [0.5, 0.6) is 0 Å². The molecule has 3 N–H and O–H groups in total. The second-order valence-corrected chi connectivity index (χ2v) is 6.75. The van der Waals surface area contributed by atoms with Gasteiger partial charge in [0.2, 0.25) is 5.88 Å². The Labute approximate surface area is 158 Å². The van der Waals surface area contributed by atoms with Crippen LogP contribution in [0.1, 0.15) is 11.1 Å². The van der Waals surface area contributed by atoms with Crippen LogP contribution in [-0.2, 0) is 6.42 Å². The van der Waals surface area contributed by atoms with Gasteiger partial charge in [0.05, 0.1) is 0 Å². The van der Waals surface area contributed by atoms with Crippen molar-refractivity contribution >= 4 is 16.7 Å². The Morgan fingerprint density at radius 2 is 1.93 bits per heavy atom. The number of benzene rings is 2. The third-order valence-corrected chi connectivity index (χ3v) is 4.70. The number of nitrogens with two attached hydrogens (primary N) is 1. The number of aromatic nitrogens is 2. The molecule has 0 fully saturated rings. The van der Waals surface area contributed by atoms with Gasteiger partial charge < -0.3 is 15.6 Å². The molecule has 1 unspecified atom stereocenters. The van der Waals surface area contributed by atoms with E-state index in [-0.39, 0.29) is 6.04 Å². The van der Waals surface area contributed by atoms with Gasteiger partial charge in [-0.1, -0.05) is 47.6 Å². The zero-order chi connectivity index (χ0) is 18.6. The lowest BCUT2D eigenvalue weighted by Gasteiger charge is -2.12. The summed E-state index contributed by atoms with van der Waals surface area (Å²) < 4.78 is 5.53. The van der Waals surface area contributed by atoms with Crippen LogP contribution in [0.4, 0.5) is 5.88 Å². The Morgan fingerprint density at radius 3 is 2.78 bits per heavy atom. The third-order valence-electron chi connectivity index (χ3n) is 4.70. The predicted molar refractivity (Wildman–Crippen MR) is 109 cm³/mol. The van der Waals surface area contributed by atoms with E-state index in [1.165, 1.54) is 5.56 Å². The average Bonchev–Trinajstić information content (AvgIpc) is 3.07. The van der Waals surface area contributed by atoms with Crippen LogP contribution in [0.15, 0.2) is 71.5 Å². The normalized spacial score (nSPS) is 12.2. The fraction of sp³-hybridized carbons (Fsp3) is 0.182. The van der Waals surface area contributed by atoms with E-state index in [1.54, 1.807) is 6.20 Å². The van der Waals surface area contributed by atoms with Gasteiger partial charge in [-0.3, -0.25) is 4.98 Å². The molecule has 0 aliphatic heterocycles. The number of pyridine rings is 1. The van der Waals surface area contributed by atoms with Gasteiger partial charge in [-0.05, 0) is 36.4 Å². The number of nitrogens with one attached hydrogen (secondary N) is 1. The quantitative estimate of drug-likeness (QED) is 0.541. The highest BCUT2D eigenvalue weighted by molar-refractivity contribution is 5.86. The van der Waals surface area contributed by atoms with Crippen molar-refractivity contribution in [3.63, 3.8) is 0 Å². The van der Waals surface area contributed by atoms with Crippen molar-refractivity contribution in [2.45, 2.75) is 19.4 Å². The first-order valence-corrected chi connectivity index (χ1v) is 9.04. The second kappa shape index (κ2) is 7.60. The summed E-state index contributed by atoms with van der Waals surface area (Å²) in [7, 11) is 0. The molecule has 2 aromatic heterocycles. The number of hydrogen-bond donors (Lipinski definition) is 2. The molecule has 4 aromatic rings. The predicted octanol–water partition coefficient (Wildman–Crippen LogP) is 4.18. The maximum atomic E-state index is 6.25. The van der Waals surface area contributed by atoms with Gasteiger partial charge in [0.25, 0.3) is 0 Å². The van der Waals surface area contributed by atoms with Crippen LogP contribution in [0.2, 0.25) is 0 Å². The Kier molecular flexibility index (Phi) is 4.85. The van der Waals surface area contributed by atoms with E-state index >= 15 is 0 Å². The molecule has 0 spiro atoms. The summed E-state index contributed by atoms with van der Waals surface area (Å²) in [5.74, 6) is 0.670. The average molecular weight is 358 g/mol. The van der Waals surface area contributed by atoms with Crippen molar-refractivity contribution in [1.29, 1.82) is 0 Å². The minimum Gasteiger partial charge on any atom is -0.352 e. The van der Waals surface area contributed by atoms with Gasteiger partial charge in [0.15, 0.2) is 0 Å². The van der Waals surface area contributed by atoms with E-state index in [1.807, 2.05) is 43.5 Å². The Balaban J connectivity index is 1.46. The summed E-state index contributed by atoms with van der Waals surface area (Å²) in [6.45, 7) is 2.63. The minimum absolute atomic E-state index is 0.00600. The summed E-state index contributed by atoms with van der Waals surface area (Å²) in [6, 6.07) is 18.4. The van der Waals surface area contributed by atoms with Crippen LogP contribution in [0.25, 0.3) is 22.0 Å². The molecule has 0 radical (unpaired) electrons. The number of hydrogen-bond acceptors (Lipinski definition) is 5. The van der Waals surface area contributed by atoms with Gasteiger partial charge in [-0.25, -0.2) is 0 Å². The van der Waals surface area contributed by atoms with E-state index in [0.29, 0.717) is 12.4 Å². The third kappa shape index (κ3) is 3.83. The molecule has 0 saturated carbocycles. The second-order valence-electron chi connectivity index (χ2n) is 6.75. The number of nitrogens with zero attached hydrogens (tertiary/aromatic N) is 2. The van der Waals surface area contributed by atoms with E-state index < -0.39 is 0 Å². The van der Waals surface area contributed by atoms with Gasteiger partial charge >= 0.3 is 0 Å². The molecule has 5 heteroatoms. The van der Waals surface area contributed by atoms with Crippen molar-refractivity contribution in [3.05, 3.63) is 78.1 Å². The molecule has 27 heavy (non-hydrogen) atoms. The van der Waals surface area contributed by atoms with Crippen molar-refractivity contribution in [3.8, 4) is 11.3 Å². The highest BCUT2D eigenvalue weighted by atomic mass is 16.5. The van der Waals surface area contributed by atoms with E-state index in [9.17, 15) is 0 Å². The molecule has 5 nitrogen and oxygen atoms in total. The van der Waals surface area contributed by atoms with Crippen LogP contribution in [-0.4, -0.2) is 22.7 Å². The number of anilines is 1. The van der Waals surface area contributed by atoms with E-state index in [2.05, 4.69) is 39.7 Å². The van der Waals surface area contributed by atoms with Crippen molar-refractivity contribution in [2.24, 2.45) is 5.73 Å². The van der Waals surface area contributed by atoms with Gasteiger partial charge in [-0.2, -0.15) is 0 Å². The molecule has 0 amide bonds. The number of fused-ring (bicyclic) bond motifs is 1. The van der Waals surface area contributed by atoms with E-state index in [4.69, 9.17) is 10.3 Å². The molecule has 1 atom stereocenters. The summed E-state index contributed by atoms with van der Waals surface area (Å²) in [6.07, 6.45) is 4.46. The molecule has 4 rings (SSSR count). The zero-order valence-electron chi connectivity index (χ0n) is 15.2. The summed E-state index contributed by atoms with van der Waals surface area (Å²) >= 11 is 0. The lowest BCUT2D eigenvalue weighted by molar-refractivity contribution is 0.432. The molecule has 0 aliphatic rings. The number of rotatable bonds is 6. The fourth-order valence-electron chi connectivity index (χ4n) is 3.21. The molecule has 2 heterocycles. The smallest absolute Gasteiger partial charge is 0.228 e. The highest BCUT2D eigenvalue weighted by Crippen LogP contribution is 2.30. The lowest BCUT2D eigenvalue weighted by Crippen LogP contribution is -2.31. The van der Waals surface area contributed by atoms with Crippen molar-refractivity contribution in [1.82, 2.24) is 10.1 Å². The van der Waals surface area contributed by atoms with Gasteiger partial charge in [0, 0.05) is 41.5 Å². The highest BCUT2D eigenvalue weighted by Gasteiger charge is 2.15. The van der Waals surface area contributed by atoms with Gasteiger partial charge in [0.1, 0.15) is 5.69 Å². The first kappa shape index (κ1) is 17.2. The van der Waals surface area contributed by atoms with Crippen molar-refractivity contribution < 1.29 is 4.52 Å². The Hall–Kier alpha value is -3.18. The first-order chi connectivity index (χ1) is 13.2. The standard InChI is InChI=1S/C22H22N4O/c1-15-21(18-7-8-19-13-24-10-9-17(19)12-18)26-27-22(15)25-14-20(23)11-16-5-3-2-4-6-16/h2-10,12-13,20,25H,11,14,23H2,1H3. The molecule has 2 aromatic carbocycles. The maximum Gasteiger partial charge on any atom is 0.228 e. The molecule has 136 valence electrons. The maximum absolute atomic E-state index is 6.25. The van der Waals surface area contributed by atoms with Crippen molar-refractivity contribution in [2.75, 3.05) is 11.9 Å². The molecule has 0 aliphatic carbocycles. The Morgan fingerprint density at radius 1 is 1.07 bits per heavy atom. The summed E-state index contributed by atoms with van der Waals surface area (Å²) in [5.41, 5.74) is 10.3. The van der Waals surface area contributed by atoms with Gasteiger partial charge in [-0.15, -0.1) is 0 Å². The minimum atomic E-state index is -0.00600. The lowest BCUT2D eigenvalue weighted by atomic mass is 10.0. The van der Waals surface area contributed by atoms with Crippen LogP contribution < -0.4 is 11.1 Å². The van der Waals surface area contributed by atoms with Crippen LogP contribution in [0, 0.1) is 6.92 Å². The Bertz CT molecular complexity index is 1040. The summed E-state index contributed by atoms with van der Waals surface area (Å²) in [5, 5.41) is 9.79. The fourth-order valence-corrected chi connectivity index (χ4v) is 3.21. The van der Waals surface area contributed by atoms with E-state index in [0.717, 1.165) is 34.0 Å². The molecule has 0 saturated heterocycles. The van der Waals surface area contributed by atoms with Crippen LogP contribution >= 0.6 is 0 Å². The largest absolute Gasteiger partial charge is 0.352 e.